The summed E-state index contributed by atoms with van der Waals surface area (Å²) in [6.07, 6.45) is 0. The Kier molecular flexibility index (Phi) is 6.20. The highest BCUT2D eigenvalue weighted by atomic mass is 16.6. The summed E-state index contributed by atoms with van der Waals surface area (Å²) < 4.78 is 5.02. The van der Waals surface area contributed by atoms with Crippen LogP contribution in [0.4, 0.5) is 22.7 Å². The molecular formula is C19H19N5O6. The second-order valence-corrected chi connectivity index (χ2v) is 6.34. The van der Waals surface area contributed by atoms with Gasteiger partial charge in [-0.3, -0.25) is 25.0 Å². The van der Waals surface area contributed by atoms with E-state index in [0.29, 0.717) is 30.4 Å². The van der Waals surface area contributed by atoms with Crippen LogP contribution in [-0.2, 0) is 9.53 Å². The molecule has 1 aliphatic heterocycles. The zero-order chi connectivity index (χ0) is 21.7. The Labute approximate surface area is 171 Å². The van der Waals surface area contributed by atoms with E-state index >= 15 is 0 Å². The van der Waals surface area contributed by atoms with Crippen molar-refractivity contribution in [3.63, 3.8) is 0 Å². The molecule has 3 rings (SSSR count). The fourth-order valence-corrected chi connectivity index (χ4v) is 3.00. The molecule has 1 saturated heterocycles. The Morgan fingerprint density at radius 2 is 1.57 bits per heavy atom. The Hall–Kier alpha value is -4.02. The zero-order valence-electron chi connectivity index (χ0n) is 16.1. The number of carbonyl (C=O) groups is 1. The van der Waals surface area contributed by atoms with Crippen LogP contribution >= 0.6 is 0 Å². The molecule has 0 aliphatic carbocycles. The number of esters is 1. The number of benzene rings is 2. The zero-order valence-corrected chi connectivity index (χ0v) is 16.1. The number of hydrogen-bond donors (Lipinski definition) is 0. The maximum Gasteiger partial charge on any atom is 0.325 e. The quantitative estimate of drug-likeness (QED) is 0.385. The highest BCUT2D eigenvalue weighted by molar-refractivity contribution is 6.01. The van der Waals surface area contributed by atoms with Crippen molar-refractivity contribution in [2.75, 3.05) is 31.1 Å². The van der Waals surface area contributed by atoms with Crippen molar-refractivity contribution in [1.29, 1.82) is 0 Å². The van der Waals surface area contributed by atoms with Gasteiger partial charge in [0.2, 0.25) is 5.96 Å². The van der Waals surface area contributed by atoms with Gasteiger partial charge in [-0.1, -0.05) is 0 Å². The van der Waals surface area contributed by atoms with Crippen LogP contribution in [0.1, 0.15) is 6.92 Å². The van der Waals surface area contributed by atoms with E-state index in [1.807, 2.05) is 4.90 Å². The van der Waals surface area contributed by atoms with E-state index < -0.39 is 15.8 Å². The van der Waals surface area contributed by atoms with Gasteiger partial charge >= 0.3 is 5.97 Å². The second kappa shape index (κ2) is 8.99. The average molecular weight is 413 g/mol. The maximum atomic E-state index is 12.0. The molecule has 1 heterocycles. The Balaban J connectivity index is 1.93. The summed E-state index contributed by atoms with van der Waals surface area (Å²) in [6.45, 7) is 2.96. The smallest absolute Gasteiger partial charge is 0.325 e. The molecule has 0 spiro atoms. The average Bonchev–Trinajstić information content (AvgIpc) is 3.10. The summed E-state index contributed by atoms with van der Waals surface area (Å²) in [6, 6.07) is 11.7. The summed E-state index contributed by atoms with van der Waals surface area (Å²) >= 11 is 0. The standard InChI is InChI=1S/C19H19N5O6/c1-2-30-18(25)13-21-11-12-22(15-7-9-17(10-8-15)24(28)29)19(21)20-14-3-5-16(6-4-14)23(26)27/h3-10H,2,11-13H2,1H3. The number of rotatable bonds is 7. The van der Waals surface area contributed by atoms with Crippen LogP contribution in [0.5, 0.6) is 0 Å². The molecule has 0 amide bonds. The summed E-state index contributed by atoms with van der Waals surface area (Å²) in [7, 11) is 0. The van der Waals surface area contributed by atoms with Gasteiger partial charge in [-0.2, -0.15) is 0 Å². The van der Waals surface area contributed by atoms with Crippen LogP contribution in [0, 0.1) is 20.2 Å². The lowest BCUT2D eigenvalue weighted by molar-refractivity contribution is -0.385. The molecule has 156 valence electrons. The monoisotopic (exact) mass is 413 g/mol. The third kappa shape index (κ3) is 4.69. The molecule has 11 heteroatoms. The van der Waals surface area contributed by atoms with Crippen LogP contribution in [0.15, 0.2) is 53.5 Å². The van der Waals surface area contributed by atoms with Crippen LogP contribution < -0.4 is 4.90 Å². The number of carbonyl (C=O) groups excluding carboxylic acids is 1. The van der Waals surface area contributed by atoms with Crippen LogP contribution in [-0.4, -0.2) is 52.9 Å². The van der Waals surface area contributed by atoms with Crippen molar-refractivity contribution < 1.29 is 19.4 Å². The van der Waals surface area contributed by atoms with Crippen molar-refractivity contribution >= 4 is 34.7 Å². The summed E-state index contributed by atoms with van der Waals surface area (Å²) in [4.78, 5) is 40.9. The Morgan fingerprint density at radius 1 is 1.00 bits per heavy atom. The number of hydrogen-bond acceptors (Lipinski definition) is 7. The SMILES string of the molecule is CCOC(=O)CN1CCN(c2ccc([N+](=O)[O-])cc2)C1=Nc1ccc([N+](=O)[O-])cc1. The van der Waals surface area contributed by atoms with E-state index in [4.69, 9.17) is 4.74 Å². The molecule has 1 aliphatic rings. The fraction of sp³-hybridized carbons (Fsp3) is 0.263. The van der Waals surface area contributed by atoms with Crippen molar-refractivity contribution in [2.45, 2.75) is 6.92 Å². The third-order valence-corrected chi connectivity index (χ3v) is 4.40. The molecule has 0 aromatic heterocycles. The van der Waals surface area contributed by atoms with E-state index in [1.165, 1.54) is 36.4 Å². The van der Waals surface area contributed by atoms with Crippen molar-refractivity contribution in [1.82, 2.24) is 4.90 Å². The minimum Gasteiger partial charge on any atom is -0.465 e. The molecular weight excluding hydrogens is 394 g/mol. The van der Waals surface area contributed by atoms with Crippen LogP contribution in [0.3, 0.4) is 0 Å². The van der Waals surface area contributed by atoms with E-state index in [2.05, 4.69) is 4.99 Å². The number of nitrogens with zero attached hydrogens (tertiary/aromatic N) is 5. The number of non-ortho nitro benzene ring substituents is 2. The largest absolute Gasteiger partial charge is 0.465 e. The molecule has 0 atom stereocenters. The molecule has 2 aromatic rings. The molecule has 30 heavy (non-hydrogen) atoms. The second-order valence-electron chi connectivity index (χ2n) is 6.34. The van der Waals surface area contributed by atoms with E-state index in [1.54, 1.807) is 24.0 Å². The first-order valence-electron chi connectivity index (χ1n) is 9.14. The maximum absolute atomic E-state index is 12.0. The number of nitro benzene ring substituents is 2. The van der Waals surface area contributed by atoms with Gasteiger partial charge in [0, 0.05) is 43.0 Å². The highest BCUT2D eigenvalue weighted by Crippen LogP contribution is 2.26. The normalized spacial score (nSPS) is 14.8. The lowest BCUT2D eigenvalue weighted by Crippen LogP contribution is -2.37. The molecule has 11 nitrogen and oxygen atoms in total. The van der Waals surface area contributed by atoms with Crippen LogP contribution in [0.25, 0.3) is 0 Å². The number of anilines is 1. The summed E-state index contributed by atoms with van der Waals surface area (Å²) in [5.41, 5.74) is 1.06. The lowest BCUT2D eigenvalue weighted by Gasteiger charge is -2.22. The minimum absolute atomic E-state index is 0.0108. The van der Waals surface area contributed by atoms with Gasteiger partial charge in [0.1, 0.15) is 6.54 Å². The first kappa shape index (κ1) is 20.7. The number of aliphatic imine (C=N–C) groups is 1. The molecule has 2 aromatic carbocycles. The molecule has 0 unspecified atom stereocenters. The van der Waals surface area contributed by atoms with Crippen molar-refractivity contribution in [3.8, 4) is 0 Å². The first-order valence-corrected chi connectivity index (χ1v) is 9.14. The van der Waals surface area contributed by atoms with Gasteiger partial charge in [-0.15, -0.1) is 0 Å². The fourth-order valence-electron chi connectivity index (χ4n) is 3.00. The number of nitro groups is 2. The first-order chi connectivity index (χ1) is 14.4. The van der Waals surface area contributed by atoms with Gasteiger partial charge in [0.05, 0.1) is 22.1 Å². The Bertz CT molecular complexity index is 974. The summed E-state index contributed by atoms with van der Waals surface area (Å²) in [5.74, 6) is 0.0465. The predicted octanol–water partition coefficient (Wildman–Crippen LogP) is 2.88. The number of guanidine groups is 1. The third-order valence-electron chi connectivity index (χ3n) is 4.40. The number of ether oxygens (including phenoxy) is 1. The van der Waals surface area contributed by atoms with Gasteiger partial charge in [-0.05, 0) is 31.2 Å². The van der Waals surface area contributed by atoms with E-state index in [9.17, 15) is 25.0 Å². The van der Waals surface area contributed by atoms with Gasteiger partial charge in [-0.25, -0.2) is 4.99 Å². The molecule has 1 fully saturated rings. The minimum atomic E-state index is -0.497. The predicted molar refractivity (Wildman–Crippen MR) is 109 cm³/mol. The Morgan fingerprint density at radius 3 is 2.10 bits per heavy atom. The van der Waals surface area contributed by atoms with Gasteiger partial charge < -0.3 is 14.5 Å². The molecule has 0 N–H and O–H groups in total. The van der Waals surface area contributed by atoms with Gasteiger partial charge in [0.25, 0.3) is 11.4 Å². The van der Waals surface area contributed by atoms with Gasteiger partial charge in [0.15, 0.2) is 0 Å². The topological polar surface area (TPSA) is 131 Å². The van der Waals surface area contributed by atoms with Crippen molar-refractivity contribution in [2.24, 2.45) is 4.99 Å². The van der Waals surface area contributed by atoms with Crippen molar-refractivity contribution in [3.05, 3.63) is 68.8 Å². The molecule has 0 radical (unpaired) electrons. The lowest BCUT2D eigenvalue weighted by atomic mass is 10.2. The highest BCUT2D eigenvalue weighted by Gasteiger charge is 2.30. The molecule has 0 saturated carbocycles. The summed E-state index contributed by atoms with van der Waals surface area (Å²) in [5, 5.41) is 21.8. The van der Waals surface area contributed by atoms with E-state index in [-0.39, 0.29) is 24.5 Å². The van der Waals surface area contributed by atoms with Crippen LogP contribution in [0.2, 0.25) is 0 Å². The molecule has 0 bridgehead atoms. The van der Waals surface area contributed by atoms with E-state index in [0.717, 1.165) is 0 Å².